The molecule has 1 N–H and O–H groups in total. The second-order valence-corrected chi connectivity index (χ2v) is 13.3. The SMILES string of the molecule is CC1(C)[C@@H]2CC[C@@]1(C)CN(c1ccc(C=NS(=O)(=O)c3ccc(NC4CCOCC4)c([N+](=O)[O-])c3)cc1)C2. The molecule has 204 valence electrons. The fraction of sp³-hybridized carbons (Fsp3) is 0.536. The minimum atomic E-state index is -4.12. The molecule has 2 heterocycles. The van der Waals surface area contributed by atoms with Crippen LogP contribution in [0.1, 0.15) is 52.0 Å². The van der Waals surface area contributed by atoms with Crippen LogP contribution < -0.4 is 10.2 Å². The number of fused-ring (bicyclic) bond motifs is 2. The Morgan fingerprint density at radius 1 is 1.11 bits per heavy atom. The summed E-state index contributed by atoms with van der Waals surface area (Å²) in [5.41, 5.74) is 2.40. The van der Waals surface area contributed by atoms with E-state index in [0.717, 1.165) is 37.7 Å². The molecule has 2 aromatic rings. The Bertz CT molecular complexity index is 1340. The van der Waals surface area contributed by atoms with Gasteiger partial charge in [-0.3, -0.25) is 10.1 Å². The highest BCUT2D eigenvalue weighted by molar-refractivity contribution is 7.90. The maximum absolute atomic E-state index is 12.9. The van der Waals surface area contributed by atoms with Gasteiger partial charge in [0.25, 0.3) is 15.7 Å². The van der Waals surface area contributed by atoms with E-state index in [1.807, 2.05) is 24.3 Å². The summed E-state index contributed by atoms with van der Waals surface area (Å²) in [6, 6.07) is 11.7. The van der Waals surface area contributed by atoms with Crippen molar-refractivity contribution in [2.24, 2.45) is 21.1 Å². The number of nitro groups is 1. The van der Waals surface area contributed by atoms with Crippen LogP contribution in [0.3, 0.4) is 0 Å². The number of sulfonamides is 1. The molecule has 0 unspecified atom stereocenters. The number of ether oxygens (including phenoxy) is 1. The molecule has 5 rings (SSSR count). The lowest BCUT2D eigenvalue weighted by Gasteiger charge is -2.51. The molecule has 10 heteroatoms. The highest BCUT2D eigenvalue weighted by atomic mass is 32.2. The second-order valence-electron chi connectivity index (χ2n) is 11.7. The number of hydrogen-bond acceptors (Lipinski definition) is 7. The molecule has 2 atom stereocenters. The highest BCUT2D eigenvalue weighted by Crippen LogP contribution is 2.59. The summed E-state index contributed by atoms with van der Waals surface area (Å²) in [4.78, 5) is 13.3. The van der Waals surface area contributed by atoms with Crippen molar-refractivity contribution in [1.82, 2.24) is 0 Å². The van der Waals surface area contributed by atoms with Crippen LogP contribution in [0, 0.1) is 26.9 Å². The van der Waals surface area contributed by atoms with Gasteiger partial charge in [-0.05, 0) is 72.3 Å². The summed E-state index contributed by atoms with van der Waals surface area (Å²) in [5, 5.41) is 14.8. The normalized spacial score (nSPS) is 25.6. The lowest BCUT2D eigenvalue weighted by molar-refractivity contribution is -0.384. The Kier molecular flexibility index (Phi) is 6.98. The van der Waals surface area contributed by atoms with Gasteiger partial charge in [-0.1, -0.05) is 32.9 Å². The molecule has 2 saturated heterocycles. The number of rotatable bonds is 7. The average molecular weight is 541 g/mol. The van der Waals surface area contributed by atoms with Crippen LogP contribution >= 0.6 is 0 Å². The first kappa shape index (κ1) is 26.6. The molecule has 0 aromatic heterocycles. The van der Waals surface area contributed by atoms with Crippen molar-refractivity contribution >= 4 is 33.3 Å². The van der Waals surface area contributed by atoms with E-state index in [1.54, 1.807) is 0 Å². The fourth-order valence-corrected chi connectivity index (χ4v) is 7.07. The molecule has 1 aliphatic carbocycles. The van der Waals surface area contributed by atoms with Crippen LogP contribution in [0.2, 0.25) is 0 Å². The molecule has 3 fully saturated rings. The number of nitrogens with one attached hydrogen (secondary N) is 1. The van der Waals surface area contributed by atoms with Gasteiger partial charge in [0, 0.05) is 50.3 Å². The van der Waals surface area contributed by atoms with Gasteiger partial charge in [-0.2, -0.15) is 12.8 Å². The van der Waals surface area contributed by atoms with E-state index in [4.69, 9.17) is 4.74 Å². The Morgan fingerprint density at radius 3 is 2.47 bits per heavy atom. The standard InChI is InChI=1S/C28H36N4O5S/c1-27(2)21-10-13-28(27,3)19-31(18-21)23-6-4-20(5-7-23)17-29-38(35,36)24-8-9-25(26(16-24)32(33)34)30-22-11-14-37-15-12-22/h4-9,16-17,21-22,30H,10-15,18-19H2,1-3H3/t21-,28+/m1/s1. The lowest BCUT2D eigenvalue weighted by Crippen LogP contribution is -2.52. The second kappa shape index (κ2) is 9.96. The summed E-state index contributed by atoms with van der Waals surface area (Å²) in [5.74, 6) is 0.662. The van der Waals surface area contributed by atoms with E-state index in [1.165, 1.54) is 31.2 Å². The first-order valence-electron chi connectivity index (χ1n) is 13.3. The molecular weight excluding hydrogens is 504 g/mol. The number of benzene rings is 2. The quantitative estimate of drug-likeness (QED) is 0.290. The molecule has 0 amide bonds. The molecule has 2 aromatic carbocycles. The van der Waals surface area contributed by atoms with E-state index in [0.29, 0.717) is 35.8 Å². The maximum Gasteiger partial charge on any atom is 0.293 e. The molecule has 9 nitrogen and oxygen atoms in total. The molecule has 38 heavy (non-hydrogen) atoms. The van der Waals surface area contributed by atoms with E-state index in [9.17, 15) is 18.5 Å². The summed E-state index contributed by atoms with van der Waals surface area (Å²) in [7, 11) is -4.12. The Morgan fingerprint density at radius 2 is 1.82 bits per heavy atom. The van der Waals surface area contributed by atoms with Crippen LogP contribution in [-0.4, -0.2) is 51.9 Å². The zero-order chi connectivity index (χ0) is 27.1. The van der Waals surface area contributed by atoms with E-state index >= 15 is 0 Å². The number of piperidine rings is 1. The monoisotopic (exact) mass is 540 g/mol. The van der Waals surface area contributed by atoms with Gasteiger partial charge in [-0.25, -0.2) is 0 Å². The van der Waals surface area contributed by atoms with Gasteiger partial charge in [0.05, 0.1) is 9.82 Å². The summed E-state index contributed by atoms with van der Waals surface area (Å²) >= 11 is 0. The predicted molar refractivity (Wildman–Crippen MR) is 149 cm³/mol. The number of nitrogens with zero attached hydrogens (tertiary/aromatic N) is 3. The molecule has 1 saturated carbocycles. The van der Waals surface area contributed by atoms with Gasteiger partial charge in [0.1, 0.15) is 5.69 Å². The van der Waals surface area contributed by atoms with Crippen molar-refractivity contribution in [3.05, 3.63) is 58.1 Å². The third-order valence-electron chi connectivity index (χ3n) is 9.24. The average Bonchev–Trinajstić information content (AvgIpc) is 3.01. The molecule has 0 radical (unpaired) electrons. The van der Waals surface area contributed by atoms with Crippen LogP contribution in [0.4, 0.5) is 17.1 Å². The van der Waals surface area contributed by atoms with Crippen LogP contribution in [0.25, 0.3) is 0 Å². The Labute approximate surface area is 224 Å². The van der Waals surface area contributed by atoms with E-state index < -0.39 is 14.9 Å². The topological polar surface area (TPSA) is 114 Å². The van der Waals surface area contributed by atoms with Crippen LogP contribution in [-0.2, 0) is 14.8 Å². The summed E-state index contributed by atoms with van der Waals surface area (Å²) < 4.78 is 35.0. The lowest BCUT2D eigenvalue weighted by atomic mass is 9.63. The molecule has 2 bridgehead atoms. The van der Waals surface area contributed by atoms with Crippen LogP contribution in [0.15, 0.2) is 51.8 Å². The zero-order valence-electron chi connectivity index (χ0n) is 22.2. The van der Waals surface area contributed by atoms with Gasteiger partial charge >= 0.3 is 0 Å². The van der Waals surface area contributed by atoms with E-state index in [2.05, 4.69) is 35.4 Å². The largest absolute Gasteiger partial charge is 0.381 e. The summed E-state index contributed by atoms with van der Waals surface area (Å²) in [6.45, 7) is 10.4. The van der Waals surface area contributed by atoms with Crippen molar-refractivity contribution in [3.8, 4) is 0 Å². The van der Waals surface area contributed by atoms with Crippen LogP contribution in [0.5, 0.6) is 0 Å². The number of hydrogen-bond donors (Lipinski definition) is 1. The maximum atomic E-state index is 12.9. The van der Waals surface area contributed by atoms with Gasteiger partial charge in [0.15, 0.2) is 0 Å². The smallest absolute Gasteiger partial charge is 0.293 e. The van der Waals surface area contributed by atoms with Crippen molar-refractivity contribution in [2.45, 2.75) is 57.4 Å². The van der Waals surface area contributed by atoms with Crippen molar-refractivity contribution in [1.29, 1.82) is 0 Å². The van der Waals surface area contributed by atoms with E-state index in [-0.39, 0.29) is 22.0 Å². The number of anilines is 2. The predicted octanol–water partition coefficient (Wildman–Crippen LogP) is 5.26. The molecule has 3 aliphatic rings. The van der Waals surface area contributed by atoms with Crippen molar-refractivity contribution in [2.75, 3.05) is 36.5 Å². The third kappa shape index (κ3) is 5.03. The third-order valence-corrected chi connectivity index (χ3v) is 10.5. The van der Waals surface area contributed by atoms with Gasteiger partial charge in [-0.15, -0.1) is 0 Å². The Balaban J connectivity index is 1.29. The minimum Gasteiger partial charge on any atom is -0.381 e. The zero-order valence-corrected chi connectivity index (χ0v) is 23.0. The first-order valence-corrected chi connectivity index (χ1v) is 14.7. The van der Waals surface area contributed by atoms with Gasteiger partial charge < -0.3 is 15.0 Å². The highest BCUT2D eigenvalue weighted by Gasteiger charge is 2.55. The number of nitro benzene ring substituents is 1. The minimum absolute atomic E-state index is 0.0420. The van der Waals surface area contributed by atoms with Gasteiger partial charge in [0.2, 0.25) is 0 Å². The first-order chi connectivity index (χ1) is 18.0. The van der Waals surface area contributed by atoms with Crippen molar-refractivity contribution in [3.63, 3.8) is 0 Å². The summed E-state index contributed by atoms with van der Waals surface area (Å²) in [6.07, 6.45) is 5.26. The molecule has 2 aliphatic heterocycles. The molecular formula is C28H36N4O5S. The Hall–Kier alpha value is -2.98. The fourth-order valence-electron chi connectivity index (χ4n) is 6.19. The van der Waals surface area contributed by atoms with Crippen molar-refractivity contribution < 1.29 is 18.1 Å². The molecule has 0 spiro atoms.